The number of aliphatic hydroxyl groups is 2. The highest BCUT2D eigenvalue weighted by molar-refractivity contribution is 5.66. The molecule has 5 rings (SSSR count). The smallest absolute Gasteiger partial charge is 0.275 e. The van der Waals surface area contributed by atoms with E-state index in [1.807, 2.05) is 60.7 Å². The molecule has 0 saturated heterocycles. The van der Waals surface area contributed by atoms with Crippen LogP contribution in [-0.2, 0) is 0 Å². The van der Waals surface area contributed by atoms with Crippen molar-refractivity contribution in [3.63, 3.8) is 0 Å². The molecule has 0 amide bonds. The van der Waals surface area contributed by atoms with Crippen molar-refractivity contribution in [2.75, 3.05) is 19.5 Å². The number of ether oxygens (including phenoxy) is 2. The van der Waals surface area contributed by atoms with Gasteiger partial charge in [0.25, 0.3) is 5.56 Å². The topological polar surface area (TPSA) is 109 Å². The predicted octanol–water partition coefficient (Wildman–Crippen LogP) is 3.15. The zero-order valence-electron chi connectivity index (χ0n) is 19.4. The number of nitrogens with zero attached hydrogens (tertiary/aromatic N) is 1. The summed E-state index contributed by atoms with van der Waals surface area (Å²) in [6, 6.07) is 23.2. The molecule has 180 valence electrons. The fraction of sp³-hybridized carbons (Fsp3) is 0.222. The lowest BCUT2D eigenvalue weighted by Gasteiger charge is -2.46. The fourth-order valence-corrected chi connectivity index (χ4v) is 4.66. The highest BCUT2D eigenvalue weighted by Gasteiger charge is 2.52. The van der Waals surface area contributed by atoms with Gasteiger partial charge in [-0.2, -0.15) is 0 Å². The number of methoxy groups -OCH3 is 2. The number of benzene rings is 3. The summed E-state index contributed by atoms with van der Waals surface area (Å²) < 4.78 is 12.1. The number of rotatable bonds is 7. The average molecular weight is 474 g/mol. The van der Waals surface area contributed by atoms with Gasteiger partial charge in [0.15, 0.2) is 0 Å². The van der Waals surface area contributed by atoms with Gasteiger partial charge in [0.05, 0.1) is 55.1 Å². The van der Waals surface area contributed by atoms with Crippen LogP contribution < -0.4 is 20.3 Å². The number of H-pyrrole nitrogens is 1. The Kier molecular flexibility index (Phi) is 6.07. The molecule has 4 N–H and O–H groups in total. The monoisotopic (exact) mass is 473 g/mol. The van der Waals surface area contributed by atoms with Gasteiger partial charge in [0, 0.05) is 12.0 Å². The number of aliphatic hydroxyl groups excluding tert-OH is 2. The molecule has 1 aliphatic rings. The molecule has 2 atom stereocenters. The summed E-state index contributed by atoms with van der Waals surface area (Å²) in [5.41, 5.74) is 2.68. The Morgan fingerprint density at radius 1 is 0.886 bits per heavy atom. The van der Waals surface area contributed by atoms with Gasteiger partial charge >= 0.3 is 0 Å². The molecule has 4 aromatic rings. The molecular formula is C27H27N3O5. The van der Waals surface area contributed by atoms with Crippen molar-refractivity contribution in [2.24, 2.45) is 0 Å². The fourth-order valence-electron chi connectivity index (χ4n) is 4.66. The highest BCUT2D eigenvalue weighted by Crippen LogP contribution is 2.43. The van der Waals surface area contributed by atoms with E-state index in [0.717, 1.165) is 5.56 Å². The van der Waals surface area contributed by atoms with Gasteiger partial charge in [-0.25, -0.2) is 4.68 Å². The molecular weight excluding hydrogens is 446 g/mol. The lowest BCUT2D eigenvalue weighted by atomic mass is 9.69. The van der Waals surface area contributed by atoms with Crippen molar-refractivity contribution in [1.29, 1.82) is 0 Å². The minimum atomic E-state index is -1.01. The van der Waals surface area contributed by atoms with Crippen molar-refractivity contribution < 1.29 is 19.7 Å². The van der Waals surface area contributed by atoms with Crippen LogP contribution in [0, 0.1) is 0 Å². The summed E-state index contributed by atoms with van der Waals surface area (Å²) in [5.74, 6) is 0.368. The first-order valence-electron chi connectivity index (χ1n) is 11.3. The minimum Gasteiger partial charge on any atom is -0.497 e. The van der Waals surface area contributed by atoms with E-state index < -0.39 is 24.2 Å². The molecule has 35 heavy (non-hydrogen) atoms. The quantitative estimate of drug-likeness (QED) is 0.328. The van der Waals surface area contributed by atoms with Crippen LogP contribution in [0.25, 0.3) is 16.9 Å². The van der Waals surface area contributed by atoms with Gasteiger partial charge in [-0.1, -0.05) is 48.5 Å². The molecule has 0 bridgehead atoms. The first-order valence-corrected chi connectivity index (χ1v) is 11.3. The van der Waals surface area contributed by atoms with Crippen molar-refractivity contribution in [3.05, 3.63) is 94.8 Å². The number of hydrogen-bond donors (Lipinski definition) is 4. The third-order valence-electron chi connectivity index (χ3n) is 6.54. The molecule has 1 heterocycles. The van der Waals surface area contributed by atoms with Crippen LogP contribution in [0.15, 0.2) is 83.7 Å². The van der Waals surface area contributed by atoms with Gasteiger partial charge in [0.2, 0.25) is 0 Å². The maximum Gasteiger partial charge on any atom is 0.275 e. The maximum absolute atomic E-state index is 13.6. The summed E-state index contributed by atoms with van der Waals surface area (Å²) in [6.07, 6.45) is -2.01. The Labute approximate surface area is 202 Å². The second-order valence-corrected chi connectivity index (χ2v) is 8.49. The van der Waals surface area contributed by atoms with Crippen LogP contribution in [0.3, 0.4) is 0 Å². The largest absolute Gasteiger partial charge is 0.497 e. The Hall–Kier alpha value is -4.01. The van der Waals surface area contributed by atoms with E-state index in [-0.39, 0.29) is 5.56 Å². The van der Waals surface area contributed by atoms with E-state index >= 15 is 0 Å². The Balaban J connectivity index is 1.51. The molecule has 8 nitrogen and oxygen atoms in total. The zero-order valence-corrected chi connectivity index (χ0v) is 19.4. The van der Waals surface area contributed by atoms with Gasteiger partial charge < -0.3 is 25.0 Å². The lowest BCUT2D eigenvalue weighted by Crippen LogP contribution is -2.62. The highest BCUT2D eigenvalue weighted by atomic mass is 16.5. The molecule has 8 heteroatoms. The third kappa shape index (κ3) is 3.96. The molecule has 3 aromatic carbocycles. The maximum atomic E-state index is 13.6. The lowest BCUT2D eigenvalue weighted by molar-refractivity contribution is -0.0663. The molecule has 0 spiro atoms. The number of nitrogens with one attached hydrogen (secondary N) is 2. The van der Waals surface area contributed by atoms with Crippen molar-refractivity contribution in [2.45, 2.75) is 24.2 Å². The van der Waals surface area contributed by atoms with Crippen LogP contribution in [0.4, 0.5) is 5.69 Å². The second kappa shape index (κ2) is 9.32. The molecule has 1 fully saturated rings. The number of aromatic amines is 1. The van der Waals surface area contributed by atoms with Crippen LogP contribution in [-0.4, -0.2) is 52.5 Å². The van der Waals surface area contributed by atoms with Crippen LogP contribution in [0.5, 0.6) is 11.5 Å². The van der Waals surface area contributed by atoms with E-state index in [4.69, 9.17) is 9.47 Å². The van der Waals surface area contributed by atoms with Crippen LogP contribution in [0.2, 0.25) is 0 Å². The van der Waals surface area contributed by atoms with E-state index in [1.54, 1.807) is 25.3 Å². The zero-order chi connectivity index (χ0) is 24.5. The summed E-state index contributed by atoms with van der Waals surface area (Å²) >= 11 is 0. The average Bonchev–Trinajstić information content (AvgIpc) is 3.24. The predicted molar refractivity (Wildman–Crippen MR) is 134 cm³/mol. The molecule has 0 aliphatic heterocycles. The Bertz CT molecular complexity index is 1360. The SMILES string of the molecule is COc1ccc(NC2C(O)C(c3c(-c4ccccc4)[nH]n(-c4ccccc4)c3=O)C2O)c(OC)c1. The van der Waals surface area contributed by atoms with E-state index in [2.05, 4.69) is 10.4 Å². The summed E-state index contributed by atoms with van der Waals surface area (Å²) in [5, 5.41) is 28.6. The third-order valence-corrected chi connectivity index (χ3v) is 6.54. The molecule has 1 aromatic heterocycles. The first-order chi connectivity index (χ1) is 17.0. The number of hydrogen-bond acceptors (Lipinski definition) is 6. The number of aromatic nitrogens is 2. The van der Waals surface area contributed by atoms with Crippen molar-refractivity contribution >= 4 is 5.69 Å². The second-order valence-electron chi connectivity index (χ2n) is 8.49. The molecule has 2 unspecified atom stereocenters. The Morgan fingerprint density at radius 3 is 2.17 bits per heavy atom. The molecule has 0 radical (unpaired) electrons. The Morgan fingerprint density at radius 2 is 1.54 bits per heavy atom. The normalized spacial score (nSPS) is 21.3. The van der Waals surface area contributed by atoms with Crippen LogP contribution >= 0.6 is 0 Å². The minimum absolute atomic E-state index is 0.307. The summed E-state index contributed by atoms with van der Waals surface area (Å²) in [7, 11) is 3.10. The summed E-state index contributed by atoms with van der Waals surface area (Å²) in [6.45, 7) is 0. The van der Waals surface area contributed by atoms with Crippen molar-refractivity contribution in [3.8, 4) is 28.4 Å². The van der Waals surface area contributed by atoms with Gasteiger partial charge in [-0.15, -0.1) is 0 Å². The van der Waals surface area contributed by atoms with E-state index in [9.17, 15) is 15.0 Å². The number of anilines is 1. The van der Waals surface area contributed by atoms with E-state index in [1.165, 1.54) is 11.8 Å². The van der Waals surface area contributed by atoms with Crippen LogP contribution in [0.1, 0.15) is 11.5 Å². The van der Waals surface area contributed by atoms with Gasteiger partial charge in [-0.3, -0.25) is 9.89 Å². The van der Waals surface area contributed by atoms with Gasteiger partial charge in [-0.05, 0) is 29.8 Å². The standard InChI is InChI=1S/C27H27N3O5/c1-34-18-13-14-19(20(15-18)35-2)28-24-25(31)22(26(24)32)21-23(16-9-5-3-6-10-16)29-30(27(21)33)17-11-7-4-8-12-17/h3-15,22,24-26,28-29,31-32H,1-2H3. The summed E-state index contributed by atoms with van der Waals surface area (Å²) in [4.78, 5) is 13.6. The first kappa shape index (κ1) is 22.8. The van der Waals surface area contributed by atoms with E-state index in [0.29, 0.717) is 34.1 Å². The van der Waals surface area contributed by atoms with Gasteiger partial charge in [0.1, 0.15) is 11.5 Å². The van der Waals surface area contributed by atoms with Crippen molar-refractivity contribution in [1.82, 2.24) is 9.78 Å². The number of para-hydroxylation sites is 1. The molecule has 1 aliphatic carbocycles. The molecule has 1 saturated carbocycles.